The first-order valence-corrected chi connectivity index (χ1v) is 12.4. The number of oxazole rings is 1. The van der Waals surface area contributed by atoms with Gasteiger partial charge in [-0.25, -0.2) is 9.78 Å². The van der Waals surface area contributed by atoms with Gasteiger partial charge in [-0.15, -0.1) is 23.1 Å². The van der Waals surface area contributed by atoms with E-state index >= 15 is 0 Å². The predicted molar refractivity (Wildman–Crippen MR) is 130 cm³/mol. The summed E-state index contributed by atoms with van der Waals surface area (Å²) in [6, 6.07) is -0.879. The van der Waals surface area contributed by atoms with Crippen LogP contribution in [0.15, 0.2) is 32.4 Å². The molecule has 5 heterocycles. The van der Waals surface area contributed by atoms with Gasteiger partial charge in [0.05, 0.1) is 6.54 Å². The number of β-lactam (4-membered cyclic amide) rings is 1. The standard InChI is InChI=1S/C20H20N8O6S2/c1-33-26-12(10-7-36-20(22)24-10)15(29)25-13-16(30)28-14(18(31)32)8(6-35-17(13)28)4-27-3-2-11-9(5-27)23-19(21)34-11/h2-3,7,13,17H,4-6H2,1H3,(H2,21,23)(H2,22,24)(H,25,29)(H,31,32)/b26-12-/t13?,17-/m1/s1. The van der Waals surface area contributed by atoms with Crippen LogP contribution in [0, 0.1) is 0 Å². The highest BCUT2D eigenvalue weighted by atomic mass is 32.2. The van der Waals surface area contributed by atoms with Crippen molar-refractivity contribution in [2.45, 2.75) is 18.0 Å². The Hall–Kier alpha value is -4.05. The summed E-state index contributed by atoms with van der Waals surface area (Å²) < 4.78 is 5.29. The Morgan fingerprint density at radius 2 is 2.19 bits per heavy atom. The lowest BCUT2D eigenvalue weighted by Gasteiger charge is -2.49. The molecule has 1 unspecified atom stereocenters. The first kappa shape index (κ1) is 23.7. The number of nitrogens with zero attached hydrogens (tertiary/aromatic N) is 5. The van der Waals surface area contributed by atoms with E-state index in [1.54, 1.807) is 17.7 Å². The largest absolute Gasteiger partial charge is 0.477 e. The predicted octanol–water partition coefficient (Wildman–Crippen LogP) is -0.129. The van der Waals surface area contributed by atoms with Gasteiger partial charge in [0.1, 0.15) is 35.6 Å². The number of nitrogen functional groups attached to an aromatic ring is 2. The Balaban J connectivity index is 1.31. The van der Waals surface area contributed by atoms with E-state index in [-0.39, 0.29) is 34.8 Å². The lowest BCUT2D eigenvalue weighted by molar-refractivity contribution is -0.150. The van der Waals surface area contributed by atoms with E-state index in [4.69, 9.17) is 20.7 Å². The lowest BCUT2D eigenvalue weighted by atomic mass is 10.0. The molecule has 2 aromatic rings. The maximum absolute atomic E-state index is 13.0. The number of hydrogen-bond acceptors (Lipinski definition) is 13. The fourth-order valence-electron chi connectivity index (χ4n) is 4.10. The third-order valence-corrected chi connectivity index (χ3v) is 7.64. The number of rotatable bonds is 7. The number of carbonyl (C=O) groups excluding carboxylic acids is 2. The first-order chi connectivity index (χ1) is 17.3. The molecule has 3 aliphatic heterocycles. The van der Waals surface area contributed by atoms with Gasteiger partial charge in [-0.2, -0.15) is 4.98 Å². The molecule has 2 aromatic heterocycles. The number of carboxylic acids is 1. The molecule has 1 fully saturated rings. The minimum absolute atomic E-state index is 0.0595. The fraction of sp³-hybridized carbons (Fsp3) is 0.300. The molecule has 2 amide bonds. The summed E-state index contributed by atoms with van der Waals surface area (Å²) in [6.07, 6.45) is 3.47. The van der Waals surface area contributed by atoms with Gasteiger partial charge in [0.15, 0.2) is 16.6 Å². The summed E-state index contributed by atoms with van der Waals surface area (Å²) in [4.78, 5) is 54.0. The fourth-order valence-corrected chi connectivity index (χ4v) is 5.99. The second-order valence-corrected chi connectivity index (χ2v) is 9.89. The molecular weight excluding hydrogens is 512 g/mol. The lowest BCUT2D eigenvalue weighted by Crippen LogP contribution is -2.71. The molecule has 16 heteroatoms. The van der Waals surface area contributed by atoms with E-state index in [1.165, 1.54) is 23.8 Å². The van der Waals surface area contributed by atoms with Gasteiger partial charge in [0.2, 0.25) is 0 Å². The number of aliphatic carboxylic acids is 1. The highest BCUT2D eigenvalue weighted by molar-refractivity contribution is 8.00. The average Bonchev–Trinajstić information content (AvgIpc) is 3.44. The summed E-state index contributed by atoms with van der Waals surface area (Å²) in [5.74, 6) is -1.54. The van der Waals surface area contributed by atoms with E-state index < -0.39 is 29.2 Å². The second kappa shape index (κ2) is 9.19. The van der Waals surface area contributed by atoms with Gasteiger partial charge in [-0.3, -0.25) is 14.5 Å². The molecule has 14 nitrogen and oxygen atoms in total. The minimum Gasteiger partial charge on any atom is -0.477 e. The summed E-state index contributed by atoms with van der Waals surface area (Å²) in [6.45, 7) is 0.646. The SMILES string of the molecule is CO/N=C(\C(=O)NC1C(=O)N2C(C(=O)O)=C(CN3C=Cc4oc(N)nc4C3)CS[C@H]12)c1csc(N)n1. The van der Waals surface area contributed by atoms with E-state index in [2.05, 4.69) is 20.4 Å². The zero-order chi connectivity index (χ0) is 25.6. The van der Waals surface area contributed by atoms with Gasteiger partial charge in [-0.1, -0.05) is 5.16 Å². The second-order valence-electron chi connectivity index (χ2n) is 7.90. The van der Waals surface area contributed by atoms with Crippen molar-refractivity contribution in [3.63, 3.8) is 0 Å². The van der Waals surface area contributed by atoms with Crippen LogP contribution in [0.3, 0.4) is 0 Å². The smallest absolute Gasteiger partial charge is 0.352 e. The Bertz CT molecular complexity index is 1350. The molecule has 0 aliphatic carbocycles. The minimum atomic E-state index is -1.22. The Morgan fingerprint density at radius 3 is 2.89 bits per heavy atom. The van der Waals surface area contributed by atoms with Crippen LogP contribution in [-0.2, 0) is 25.8 Å². The van der Waals surface area contributed by atoms with Crippen molar-refractivity contribution >= 4 is 63.8 Å². The number of aromatic nitrogens is 2. The van der Waals surface area contributed by atoms with Gasteiger partial charge in [0.25, 0.3) is 17.8 Å². The van der Waals surface area contributed by atoms with Gasteiger partial charge in [0, 0.05) is 23.9 Å². The summed E-state index contributed by atoms with van der Waals surface area (Å²) in [5.41, 5.74) is 12.4. The zero-order valence-corrected chi connectivity index (χ0v) is 20.3. The van der Waals surface area contributed by atoms with Crippen LogP contribution in [0.4, 0.5) is 11.1 Å². The number of oxime groups is 1. The number of hydrogen-bond donors (Lipinski definition) is 4. The van der Waals surface area contributed by atoms with Crippen LogP contribution < -0.4 is 16.8 Å². The van der Waals surface area contributed by atoms with Crippen molar-refractivity contribution in [1.82, 2.24) is 25.1 Å². The number of nitrogens with two attached hydrogens (primary N) is 2. The third-order valence-electron chi connectivity index (χ3n) is 5.63. The Kier molecular flexibility index (Phi) is 6.05. The summed E-state index contributed by atoms with van der Waals surface area (Å²) in [5, 5.41) is 17.5. The van der Waals surface area contributed by atoms with E-state index in [9.17, 15) is 19.5 Å². The van der Waals surface area contributed by atoms with Crippen molar-refractivity contribution < 1.29 is 28.7 Å². The van der Waals surface area contributed by atoms with E-state index in [0.29, 0.717) is 29.3 Å². The molecule has 0 spiro atoms. The Labute approximate surface area is 211 Å². The van der Waals surface area contributed by atoms with E-state index in [0.717, 1.165) is 11.3 Å². The normalized spacial score (nSPS) is 21.1. The molecule has 5 rings (SSSR count). The molecule has 3 aliphatic rings. The van der Waals surface area contributed by atoms with Crippen molar-refractivity contribution in [2.75, 3.05) is 30.9 Å². The number of anilines is 2. The molecule has 188 valence electrons. The number of carboxylic acid groups (broad SMARTS) is 1. The van der Waals surface area contributed by atoms with Gasteiger partial charge in [-0.05, 0) is 11.6 Å². The van der Waals surface area contributed by atoms with Crippen molar-refractivity contribution in [3.8, 4) is 0 Å². The highest BCUT2D eigenvalue weighted by Crippen LogP contribution is 2.41. The van der Waals surface area contributed by atoms with Crippen LogP contribution in [0.5, 0.6) is 0 Å². The van der Waals surface area contributed by atoms with Crippen LogP contribution in [0.25, 0.3) is 6.08 Å². The van der Waals surface area contributed by atoms with Crippen molar-refractivity contribution in [3.05, 3.63) is 40.0 Å². The maximum Gasteiger partial charge on any atom is 0.352 e. The molecule has 0 saturated carbocycles. The summed E-state index contributed by atoms with van der Waals surface area (Å²) >= 11 is 2.48. The maximum atomic E-state index is 13.0. The molecule has 0 bridgehead atoms. The molecular formula is C20H20N8O6S2. The zero-order valence-electron chi connectivity index (χ0n) is 18.7. The van der Waals surface area contributed by atoms with Crippen molar-refractivity contribution in [2.24, 2.45) is 5.16 Å². The number of carbonyl (C=O) groups is 3. The summed E-state index contributed by atoms with van der Waals surface area (Å²) in [7, 11) is 1.28. The molecule has 0 radical (unpaired) electrons. The third kappa shape index (κ3) is 4.13. The molecule has 6 N–H and O–H groups in total. The van der Waals surface area contributed by atoms with Crippen LogP contribution in [-0.4, -0.2) is 79.2 Å². The number of nitrogens with one attached hydrogen (secondary N) is 1. The molecule has 36 heavy (non-hydrogen) atoms. The number of fused-ring (bicyclic) bond motifs is 2. The number of amides is 2. The van der Waals surface area contributed by atoms with Gasteiger partial charge < -0.3 is 36.0 Å². The van der Waals surface area contributed by atoms with Crippen LogP contribution in [0.2, 0.25) is 0 Å². The molecule has 0 aromatic carbocycles. The number of thioether (sulfide) groups is 1. The van der Waals surface area contributed by atoms with E-state index in [1.807, 2.05) is 4.90 Å². The topological polar surface area (TPSA) is 202 Å². The average molecular weight is 533 g/mol. The molecule has 1 saturated heterocycles. The number of thiazole rings is 1. The first-order valence-electron chi connectivity index (χ1n) is 10.5. The van der Waals surface area contributed by atoms with Crippen molar-refractivity contribution in [1.29, 1.82) is 0 Å². The molecule has 2 atom stereocenters. The van der Waals surface area contributed by atoms with Gasteiger partial charge >= 0.3 is 5.97 Å². The monoisotopic (exact) mass is 532 g/mol. The van der Waals surface area contributed by atoms with Crippen LogP contribution >= 0.6 is 23.1 Å². The van der Waals surface area contributed by atoms with Crippen LogP contribution in [0.1, 0.15) is 17.1 Å². The highest BCUT2D eigenvalue weighted by Gasteiger charge is 2.54. The quantitative estimate of drug-likeness (QED) is 0.209. The Morgan fingerprint density at radius 1 is 1.39 bits per heavy atom.